The summed E-state index contributed by atoms with van der Waals surface area (Å²) in [6, 6.07) is 7.23. The van der Waals surface area contributed by atoms with Gasteiger partial charge in [-0.3, -0.25) is 9.59 Å². The molecule has 0 amide bonds. The number of hydrogen-bond acceptors (Lipinski definition) is 2. The predicted octanol–water partition coefficient (Wildman–Crippen LogP) is 2.76. The van der Waals surface area contributed by atoms with Crippen LogP contribution in [0.5, 0.6) is 0 Å². The molecule has 0 N–H and O–H groups in total. The van der Waals surface area contributed by atoms with Gasteiger partial charge in [-0.1, -0.05) is 37.6 Å². The van der Waals surface area contributed by atoms with Gasteiger partial charge in [0.25, 0.3) is 0 Å². The molecule has 0 saturated carbocycles. The van der Waals surface area contributed by atoms with Crippen LogP contribution < -0.4 is 11.1 Å². The zero-order chi connectivity index (χ0) is 15.4. The summed E-state index contributed by atoms with van der Waals surface area (Å²) < 4.78 is 2.91. The van der Waals surface area contributed by atoms with Crippen molar-refractivity contribution < 1.29 is 0 Å². The maximum absolute atomic E-state index is 12.1. The second-order valence-electron chi connectivity index (χ2n) is 5.54. The lowest BCUT2D eigenvalue weighted by atomic mass is 10.1. The molecule has 0 fully saturated rings. The smallest absolute Gasteiger partial charge is 0.309 e. The van der Waals surface area contributed by atoms with E-state index in [1.165, 1.54) is 9.13 Å². The molecule has 0 aliphatic heterocycles. The van der Waals surface area contributed by atoms with Gasteiger partial charge in [0, 0.05) is 24.0 Å². The highest BCUT2D eigenvalue weighted by molar-refractivity contribution is 6.30. The van der Waals surface area contributed by atoms with Crippen molar-refractivity contribution in [2.75, 3.05) is 0 Å². The van der Waals surface area contributed by atoms with Crippen molar-refractivity contribution in [1.29, 1.82) is 0 Å². The van der Waals surface area contributed by atoms with Crippen molar-refractivity contribution in [2.24, 2.45) is 5.92 Å². The third-order valence-corrected chi connectivity index (χ3v) is 3.60. The van der Waals surface area contributed by atoms with E-state index in [1.807, 2.05) is 12.1 Å². The molecule has 2 aromatic rings. The number of aryl methyl sites for hydroxylation is 1. The Bertz CT molecular complexity index is 714. The summed E-state index contributed by atoms with van der Waals surface area (Å²) in [6.45, 7) is 5.13. The monoisotopic (exact) mass is 306 g/mol. The van der Waals surface area contributed by atoms with Crippen LogP contribution in [0, 0.1) is 5.92 Å². The molecule has 4 nitrogen and oxygen atoms in total. The van der Waals surface area contributed by atoms with E-state index in [1.54, 1.807) is 24.5 Å². The lowest BCUT2D eigenvalue weighted by molar-refractivity contribution is 0.499. The lowest BCUT2D eigenvalue weighted by Gasteiger charge is -2.10. The van der Waals surface area contributed by atoms with E-state index in [2.05, 4.69) is 13.8 Å². The molecule has 0 spiro atoms. The Balaban J connectivity index is 2.22. The van der Waals surface area contributed by atoms with Gasteiger partial charge < -0.3 is 9.13 Å². The molecule has 0 unspecified atom stereocenters. The highest BCUT2D eigenvalue weighted by Crippen LogP contribution is 2.09. The maximum atomic E-state index is 12.1. The first-order valence-electron chi connectivity index (χ1n) is 7.01. The fourth-order valence-electron chi connectivity index (χ4n) is 2.03. The van der Waals surface area contributed by atoms with E-state index in [0.29, 0.717) is 24.0 Å². The number of halogens is 1. The topological polar surface area (TPSA) is 44.0 Å². The molecule has 0 saturated heterocycles. The van der Waals surface area contributed by atoms with E-state index in [9.17, 15) is 9.59 Å². The first kappa shape index (κ1) is 15.6. The Hall–Kier alpha value is -1.81. The third kappa shape index (κ3) is 4.08. The van der Waals surface area contributed by atoms with Gasteiger partial charge in [0.05, 0.1) is 6.54 Å². The first-order valence-corrected chi connectivity index (χ1v) is 7.39. The average molecular weight is 307 g/mol. The molecule has 0 radical (unpaired) electrons. The van der Waals surface area contributed by atoms with E-state index in [-0.39, 0.29) is 0 Å². The molecule has 0 atom stereocenters. The second-order valence-corrected chi connectivity index (χ2v) is 5.98. The second kappa shape index (κ2) is 6.76. The highest BCUT2D eigenvalue weighted by atomic mass is 35.5. The van der Waals surface area contributed by atoms with Crippen molar-refractivity contribution in [2.45, 2.75) is 33.4 Å². The van der Waals surface area contributed by atoms with Crippen LogP contribution in [0.2, 0.25) is 5.02 Å². The minimum Gasteiger partial charge on any atom is -0.309 e. The normalized spacial score (nSPS) is 11.0. The maximum Gasteiger partial charge on any atom is 0.316 e. The Labute approximate surface area is 128 Å². The molecule has 5 heteroatoms. The Morgan fingerprint density at radius 3 is 2.19 bits per heavy atom. The van der Waals surface area contributed by atoms with Gasteiger partial charge in [0.1, 0.15) is 0 Å². The largest absolute Gasteiger partial charge is 0.316 e. The highest BCUT2D eigenvalue weighted by Gasteiger charge is 2.06. The Morgan fingerprint density at radius 2 is 1.57 bits per heavy atom. The van der Waals surface area contributed by atoms with Gasteiger partial charge in [-0.25, -0.2) is 0 Å². The molecular weight excluding hydrogens is 288 g/mol. The minimum absolute atomic E-state index is 0.371. The number of hydrogen-bond donors (Lipinski definition) is 0. The van der Waals surface area contributed by atoms with Crippen LogP contribution in [0.15, 0.2) is 46.2 Å². The Morgan fingerprint density at radius 1 is 1.00 bits per heavy atom. The summed E-state index contributed by atoms with van der Waals surface area (Å²) in [5.74, 6) is 0.494. The van der Waals surface area contributed by atoms with Crippen molar-refractivity contribution >= 4 is 11.6 Å². The van der Waals surface area contributed by atoms with Gasteiger partial charge in [-0.05, 0) is 30.0 Å². The number of rotatable bonds is 5. The number of benzene rings is 1. The van der Waals surface area contributed by atoms with Crippen LogP contribution in [0.4, 0.5) is 0 Å². The summed E-state index contributed by atoms with van der Waals surface area (Å²) >= 11 is 5.83. The van der Waals surface area contributed by atoms with Crippen molar-refractivity contribution in [3.05, 3.63) is 68.0 Å². The summed E-state index contributed by atoms with van der Waals surface area (Å²) in [7, 11) is 0. The van der Waals surface area contributed by atoms with E-state index in [0.717, 1.165) is 12.0 Å². The quantitative estimate of drug-likeness (QED) is 0.797. The fraction of sp³-hybridized carbons (Fsp3) is 0.375. The van der Waals surface area contributed by atoms with Gasteiger partial charge >= 0.3 is 11.1 Å². The van der Waals surface area contributed by atoms with E-state index >= 15 is 0 Å². The van der Waals surface area contributed by atoms with Crippen molar-refractivity contribution in [3.63, 3.8) is 0 Å². The minimum atomic E-state index is -0.490. The first-order chi connectivity index (χ1) is 9.97. The SMILES string of the molecule is CC(C)CCn1ccn(Cc2ccc(Cl)cc2)c(=O)c1=O. The molecule has 112 valence electrons. The Kier molecular flexibility index (Phi) is 5.02. The lowest BCUT2D eigenvalue weighted by Crippen LogP contribution is -2.40. The van der Waals surface area contributed by atoms with Crippen LogP contribution in [0.3, 0.4) is 0 Å². The van der Waals surface area contributed by atoms with Gasteiger partial charge in [0.2, 0.25) is 0 Å². The molecule has 0 aliphatic carbocycles. The van der Waals surface area contributed by atoms with Crippen LogP contribution in [0.1, 0.15) is 25.8 Å². The molecule has 1 aromatic carbocycles. The number of nitrogens with zero attached hydrogens (tertiary/aromatic N) is 2. The van der Waals surface area contributed by atoms with Gasteiger partial charge in [-0.15, -0.1) is 0 Å². The molecule has 1 aromatic heterocycles. The average Bonchev–Trinajstić information content (AvgIpc) is 2.45. The van der Waals surface area contributed by atoms with Crippen molar-refractivity contribution in [1.82, 2.24) is 9.13 Å². The predicted molar refractivity (Wildman–Crippen MR) is 85.0 cm³/mol. The molecule has 21 heavy (non-hydrogen) atoms. The molecule has 2 rings (SSSR count). The standard InChI is InChI=1S/C16H19ClN2O2/c1-12(2)7-8-18-9-10-19(16(21)15(18)20)11-13-3-5-14(17)6-4-13/h3-6,9-10,12H,7-8,11H2,1-2H3. The van der Waals surface area contributed by atoms with Crippen molar-refractivity contribution in [3.8, 4) is 0 Å². The van der Waals surface area contributed by atoms with Crippen LogP contribution >= 0.6 is 11.6 Å². The molecule has 0 aliphatic rings. The van der Waals surface area contributed by atoms with Crippen LogP contribution in [-0.4, -0.2) is 9.13 Å². The summed E-state index contributed by atoms with van der Waals surface area (Å²) in [4.78, 5) is 24.2. The zero-order valence-electron chi connectivity index (χ0n) is 12.3. The fourth-order valence-corrected chi connectivity index (χ4v) is 2.15. The summed E-state index contributed by atoms with van der Waals surface area (Å²) in [6.07, 6.45) is 4.22. The molecule has 0 bridgehead atoms. The summed E-state index contributed by atoms with van der Waals surface area (Å²) in [5.41, 5.74) is -0.0239. The summed E-state index contributed by atoms with van der Waals surface area (Å²) in [5, 5.41) is 0.648. The molecular formula is C16H19ClN2O2. The third-order valence-electron chi connectivity index (χ3n) is 3.34. The van der Waals surface area contributed by atoms with Crippen LogP contribution in [0.25, 0.3) is 0 Å². The molecule has 1 heterocycles. The van der Waals surface area contributed by atoms with Gasteiger partial charge in [0.15, 0.2) is 0 Å². The van der Waals surface area contributed by atoms with Gasteiger partial charge in [-0.2, -0.15) is 0 Å². The zero-order valence-corrected chi connectivity index (χ0v) is 13.0. The van der Waals surface area contributed by atoms with E-state index in [4.69, 9.17) is 11.6 Å². The van der Waals surface area contributed by atoms with E-state index < -0.39 is 11.1 Å². The van der Waals surface area contributed by atoms with Crippen LogP contribution in [-0.2, 0) is 13.1 Å². The number of aromatic nitrogens is 2.